The average molecular weight is 358 g/mol. The molecule has 0 N–H and O–H groups in total. The minimum absolute atomic E-state index is 0.274. The van der Waals surface area contributed by atoms with E-state index in [1.54, 1.807) is 55.5 Å². The molecule has 0 fully saturated rings. The minimum atomic E-state index is -0.800. The molecule has 2 amide bonds. The van der Waals surface area contributed by atoms with Gasteiger partial charge in [-0.25, -0.2) is 0 Å². The summed E-state index contributed by atoms with van der Waals surface area (Å²) in [5.74, 6) is -1.02. The van der Waals surface area contributed by atoms with Crippen molar-refractivity contribution in [2.75, 3.05) is 6.54 Å². The lowest BCUT2D eigenvalue weighted by Gasteiger charge is -2.21. The standard InChI is InChI=1S/C19H16ClNO4/c1-2-16-19(24)21(11-15(22)12-7-9-13(20)10-8-12)18(23)14-5-3-4-6-17(14)25-16/h3-10,16H,2,11H2,1H3/t16-/m1/s1. The van der Waals surface area contributed by atoms with E-state index in [0.717, 1.165) is 4.90 Å². The van der Waals surface area contributed by atoms with Crippen LogP contribution in [0.4, 0.5) is 0 Å². The first-order valence-electron chi connectivity index (χ1n) is 7.91. The number of ether oxygens (including phenoxy) is 1. The average Bonchev–Trinajstić information content (AvgIpc) is 2.72. The third kappa shape index (κ3) is 3.42. The van der Waals surface area contributed by atoms with Gasteiger partial charge >= 0.3 is 0 Å². The maximum Gasteiger partial charge on any atom is 0.270 e. The topological polar surface area (TPSA) is 63.7 Å². The SMILES string of the molecule is CC[C@H]1Oc2ccccc2C(=O)N(CC(=O)c2ccc(Cl)cc2)C1=O. The van der Waals surface area contributed by atoms with Crippen LogP contribution >= 0.6 is 11.6 Å². The van der Waals surface area contributed by atoms with Crippen LogP contribution in [0.15, 0.2) is 48.5 Å². The summed E-state index contributed by atoms with van der Waals surface area (Å²) in [5.41, 5.74) is 0.659. The Morgan fingerprint density at radius 2 is 1.80 bits per heavy atom. The van der Waals surface area contributed by atoms with Gasteiger partial charge in [0.1, 0.15) is 5.75 Å². The summed E-state index contributed by atoms with van der Waals surface area (Å²) in [6.45, 7) is 1.45. The number of nitrogens with zero attached hydrogens (tertiary/aromatic N) is 1. The highest BCUT2D eigenvalue weighted by Crippen LogP contribution is 2.26. The van der Waals surface area contributed by atoms with Gasteiger partial charge in [-0.15, -0.1) is 0 Å². The normalized spacial score (nSPS) is 16.9. The number of ketones is 1. The third-order valence-electron chi connectivity index (χ3n) is 4.01. The van der Waals surface area contributed by atoms with Gasteiger partial charge < -0.3 is 4.74 Å². The zero-order valence-corrected chi connectivity index (χ0v) is 14.3. The van der Waals surface area contributed by atoms with Gasteiger partial charge in [-0.05, 0) is 42.8 Å². The summed E-state index contributed by atoms with van der Waals surface area (Å²) >= 11 is 5.82. The Hall–Kier alpha value is -2.66. The van der Waals surface area contributed by atoms with Crippen LogP contribution in [0.1, 0.15) is 34.1 Å². The lowest BCUT2D eigenvalue weighted by molar-refractivity contribution is -0.135. The van der Waals surface area contributed by atoms with Crippen LogP contribution in [0.5, 0.6) is 5.75 Å². The summed E-state index contributed by atoms with van der Waals surface area (Å²) in [7, 11) is 0. The fourth-order valence-corrected chi connectivity index (χ4v) is 2.77. The molecular weight excluding hydrogens is 342 g/mol. The number of benzene rings is 2. The first-order chi connectivity index (χ1) is 12.0. The molecule has 0 aliphatic carbocycles. The molecule has 0 bridgehead atoms. The highest BCUT2D eigenvalue weighted by atomic mass is 35.5. The lowest BCUT2D eigenvalue weighted by Crippen LogP contribution is -2.45. The van der Waals surface area contributed by atoms with Gasteiger partial charge in [0, 0.05) is 10.6 Å². The Labute approximate surface area is 150 Å². The van der Waals surface area contributed by atoms with Crippen molar-refractivity contribution in [3.05, 3.63) is 64.7 Å². The van der Waals surface area contributed by atoms with E-state index in [2.05, 4.69) is 0 Å². The molecule has 6 heteroatoms. The first kappa shape index (κ1) is 17.2. The molecule has 0 saturated carbocycles. The summed E-state index contributed by atoms with van der Waals surface area (Å²) in [6.07, 6.45) is -0.405. The van der Waals surface area contributed by atoms with Crippen molar-refractivity contribution >= 4 is 29.2 Å². The number of rotatable bonds is 4. The Bertz CT molecular complexity index is 832. The number of carbonyl (C=O) groups is 3. The Kier molecular flexibility index (Phi) is 4.86. The molecule has 1 aliphatic rings. The van der Waals surface area contributed by atoms with Crippen LogP contribution in [0.3, 0.4) is 0 Å². The number of fused-ring (bicyclic) bond motifs is 1. The van der Waals surface area contributed by atoms with Crippen molar-refractivity contribution in [1.82, 2.24) is 4.90 Å². The molecule has 2 aromatic carbocycles. The molecule has 25 heavy (non-hydrogen) atoms. The quantitative estimate of drug-likeness (QED) is 0.621. The fourth-order valence-electron chi connectivity index (χ4n) is 2.65. The molecule has 3 rings (SSSR count). The van der Waals surface area contributed by atoms with Crippen LogP contribution in [0.2, 0.25) is 5.02 Å². The molecular formula is C19H16ClNO4. The maximum absolute atomic E-state index is 12.8. The fraction of sp³-hybridized carbons (Fsp3) is 0.211. The van der Waals surface area contributed by atoms with Gasteiger partial charge in [-0.1, -0.05) is 30.7 Å². The van der Waals surface area contributed by atoms with Crippen molar-refractivity contribution in [1.29, 1.82) is 0 Å². The van der Waals surface area contributed by atoms with Gasteiger partial charge in [0.2, 0.25) is 0 Å². The van der Waals surface area contributed by atoms with Crippen molar-refractivity contribution in [2.45, 2.75) is 19.4 Å². The van der Waals surface area contributed by atoms with E-state index >= 15 is 0 Å². The first-order valence-corrected chi connectivity index (χ1v) is 8.29. The zero-order chi connectivity index (χ0) is 18.0. The van der Waals surface area contributed by atoms with E-state index in [1.807, 2.05) is 0 Å². The highest BCUT2D eigenvalue weighted by Gasteiger charge is 2.36. The minimum Gasteiger partial charge on any atom is -0.480 e. The van der Waals surface area contributed by atoms with Crippen LogP contribution in [0, 0.1) is 0 Å². The number of hydrogen-bond acceptors (Lipinski definition) is 4. The summed E-state index contributed by atoms with van der Waals surface area (Å²) < 4.78 is 5.68. The lowest BCUT2D eigenvalue weighted by atomic mass is 10.1. The number of Topliss-reactive ketones (excluding diaryl/α,β-unsaturated/α-hetero) is 1. The van der Waals surface area contributed by atoms with E-state index < -0.39 is 17.9 Å². The molecule has 1 aliphatic heterocycles. The van der Waals surface area contributed by atoms with E-state index in [1.165, 1.54) is 0 Å². The molecule has 0 unspecified atom stereocenters. The summed E-state index contributed by atoms with van der Waals surface area (Å²) in [6, 6.07) is 13.0. The second-order valence-electron chi connectivity index (χ2n) is 5.67. The smallest absolute Gasteiger partial charge is 0.270 e. The van der Waals surface area contributed by atoms with Gasteiger partial charge in [-0.2, -0.15) is 0 Å². The van der Waals surface area contributed by atoms with Crippen LogP contribution in [-0.4, -0.2) is 35.1 Å². The number of amides is 2. The maximum atomic E-state index is 12.8. The van der Waals surface area contributed by atoms with Crippen molar-refractivity contribution in [3.63, 3.8) is 0 Å². The molecule has 0 radical (unpaired) electrons. The number of para-hydroxylation sites is 1. The van der Waals surface area contributed by atoms with Crippen molar-refractivity contribution < 1.29 is 19.1 Å². The second kappa shape index (κ2) is 7.07. The highest BCUT2D eigenvalue weighted by molar-refractivity contribution is 6.30. The summed E-state index contributed by atoms with van der Waals surface area (Å²) in [5, 5.41) is 0.506. The predicted molar refractivity (Wildman–Crippen MR) is 93.0 cm³/mol. The summed E-state index contributed by atoms with van der Waals surface area (Å²) in [4.78, 5) is 38.9. The number of halogens is 1. The third-order valence-corrected chi connectivity index (χ3v) is 4.26. The molecule has 5 nitrogen and oxygen atoms in total. The second-order valence-corrected chi connectivity index (χ2v) is 6.11. The van der Waals surface area contributed by atoms with Gasteiger partial charge in [-0.3, -0.25) is 19.3 Å². The van der Waals surface area contributed by atoms with E-state index in [0.29, 0.717) is 22.8 Å². The molecule has 1 heterocycles. The Morgan fingerprint density at radius 1 is 1.12 bits per heavy atom. The molecule has 2 aromatic rings. The van der Waals surface area contributed by atoms with Gasteiger partial charge in [0.05, 0.1) is 12.1 Å². The predicted octanol–water partition coefficient (Wildman–Crippen LogP) is 3.36. The van der Waals surface area contributed by atoms with Gasteiger partial charge in [0.25, 0.3) is 11.8 Å². The zero-order valence-electron chi connectivity index (χ0n) is 13.6. The van der Waals surface area contributed by atoms with E-state index in [-0.39, 0.29) is 17.9 Å². The molecule has 1 atom stereocenters. The Morgan fingerprint density at radius 3 is 2.48 bits per heavy atom. The van der Waals surface area contributed by atoms with E-state index in [4.69, 9.17) is 16.3 Å². The van der Waals surface area contributed by atoms with Crippen LogP contribution < -0.4 is 4.74 Å². The van der Waals surface area contributed by atoms with E-state index in [9.17, 15) is 14.4 Å². The number of imide groups is 1. The molecule has 128 valence electrons. The monoisotopic (exact) mass is 357 g/mol. The van der Waals surface area contributed by atoms with Crippen LogP contribution in [0.25, 0.3) is 0 Å². The van der Waals surface area contributed by atoms with Gasteiger partial charge in [0.15, 0.2) is 11.9 Å². The molecule has 0 spiro atoms. The van der Waals surface area contributed by atoms with Crippen molar-refractivity contribution in [2.24, 2.45) is 0 Å². The number of hydrogen-bond donors (Lipinski definition) is 0. The molecule has 0 aromatic heterocycles. The van der Waals surface area contributed by atoms with Crippen LogP contribution in [-0.2, 0) is 4.79 Å². The Balaban J connectivity index is 1.93. The van der Waals surface area contributed by atoms with Crippen molar-refractivity contribution in [3.8, 4) is 5.75 Å². The number of carbonyl (C=O) groups excluding carboxylic acids is 3. The largest absolute Gasteiger partial charge is 0.480 e. The molecule has 0 saturated heterocycles.